The fraction of sp³-hybridized carbons (Fsp3) is 0.100. The number of pyridine rings is 1. The molecule has 0 unspecified atom stereocenters. The quantitative estimate of drug-likeness (QED) is 0.572. The second-order valence-corrected chi connectivity index (χ2v) is 2.79. The van der Waals surface area contributed by atoms with Gasteiger partial charge in [-0.05, 0) is 23.4 Å². The third kappa shape index (κ3) is 1.23. The number of aromatic nitrogens is 1. The molecule has 0 amide bonds. The van der Waals surface area contributed by atoms with Gasteiger partial charge in [0.1, 0.15) is 0 Å². The maximum absolute atomic E-state index is 5.68. The van der Waals surface area contributed by atoms with Gasteiger partial charge in [-0.25, -0.2) is 0 Å². The summed E-state index contributed by atoms with van der Waals surface area (Å²) < 4.78 is 0. The lowest BCUT2D eigenvalue weighted by molar-refractivity contribution is 1.20. The summed E-state index contributed by atoms with van der Waals surface area (Å²) in [6.07, 6.45) is 8.56. The van der Waals surface area contributed by atoms with Crippen molar-refractivity contribution in [2.75, 3.05) is 0 Å². The highest BCUT2D eigenvalue weighted by atomic mass is 14.6. The molecule has 0 spiro atoms. The van der Waals surface area contributed by atoms with Crippen LogP contribution in [0.5, 0.6) is 0 Å². The van der Waals surface area contributed by atoms with Crippen LogP contribution in [0.1, 0.15) is 6.42 Å². The van der Waals surface area contributed by atoms with Crippen molar-refractivity contribution in [2.45, 2.75) is 6.42 Å². The molecule has 1 aliphatic carbocycles. The van der Waals surface area contributed by atoms with Gasteiger partial charge in [0, 0.05) is 18.3 Å². The Morgan fingerprint density at radius 2 is 2.25 bits per heavy atom. The van der Waals surface area contributed by atoms with Gasteiger partial charge in [-0.15, -0.1) is 0 Å². The van der Waals surface area contributed by atoms with Gasteiger partial charge in [0.05, 0.1) is 5.35 Å². The third-order valence-corrected chi connectivity index (χ3v) is 1.88. The zero-order chi connectivity index (χ0) is 8.39. The fourth-order valence-electron chi connectivity index (χ4n) is 1.22. The second kappa shape index (κ2) is 2.81. The first-order valence-corrected chi connectivity index (χ1v) is 3.94. The van der Waals surface area contributed by atoms with Crippen LogP contribution < -0.4 is 16.3 Å². The van der Waals surface area contributed by atoms with Crippen molar-refractivity contribution in [3.05, 3.63) is 40.7 Å². The predicted octanol–water partition coefficient (Wildman–Crippen LogP) is -0.111. The fourth-order valence-corrected chi connectivity index (χ4v) is 1.22. The van der Waals surface area contributed by atoms with Crippen LogP contribution in [0.25, 0.3) is 12.2 Å². The van der Waals surface area contributed by atoms with Crippen LogP contribution in [0.2, 0.25) is 0 Å². The number of fused-ring (bicyclic) bond motifs is 1. The lowest BCUT2D eigenvalue weighted by Gasteiger charge is -1.89. The van der Waals surface area contributed by atoms with E-state index in [4.69, 9.17) is 5.73 Å². The Morgan fingerprint density at radius 1 is 1.33 bits per heavy atom. The van der Waals surface area contributed by atoms with Crippen molar-refractivity contribution < 1.29 is 0 Å². The van der Waals surface area contributed by atoms with Gasteiger partial charge >= 0.3 is 0 Å². The molecule has 1 aromatic rings. The minimum atomic E-state index is 0.815. The lowest BCUT2D eigenvalue weighted by atomic mass is 10.3. The number of nitrogens with zero attached hydrogens (tertiary/aromatic N) is 1. The summed E-state index contributed by atoms with van der Waals surface area (Å²) >= 11 is 0. The highest BCUT2D eigenvalue weighted by Gasteiger charge is 1.91. The summed E-state index contributed by atoms with van der Waals surface area (Å²) in [6, 6.07) is 3.98. The highest BCUT2D eigenvalue weighted by molar-refractivity contribution is 5.44. The Morgan fingerprint density at radius 3 is 3.17 bits per heavy atom. The summed E-state index contributed by atoms with van der Waals surface area (Å²) in [6.45, 7) is 0. The number of rotatable bonds is 0. The number of hydrogen-bond donors (Lipinski definition) is 1. The van der Waals surface area contributed by atoms with Crippen molar-refractivity contribution in [2.24, 2.45) is 5.73 Å². The normalized spacial score (nSPS) is 14.8. The monoisotopic (exact) mass is 158 g/mol. The molecule has 2 N–H and O–H groups in total. The Bertz CT molecular complexity index is 429. The van der Waals surface area contributed by atoms with E-state index in [2.05, 4.69) is 11.1 Å². The predicted molar refractivity (Wildman–Crippen MR) is 49.3 cm³/mol. The van der Waals surface area contributed by atoms with Crippen LogP contribution in [0, 0.1) is 0 Å². The Balaban J connectivity index is 2.72. The number of allylic oxidation sites excluding steroid dienone is 2. The molecule has 0 aliphatic heterocycles. The third-order valence-electron chi connectivity index (χ3n) is 1.88. The molecule has 0 bridgehead atoms. The first-order chi connectivity index (χ1) is 5.86. The molecule has 0 atom stereocenters. The van der Waals surface area contributed by atoms with Crippen LogP contribution in [0.4, 0.5) is 0 Å². The van der Waals surface area contributed by atoms with Gasteiger partial charge < -0.3 is 5.73 Å². The average Bonchev–Trinajstić information content (AvgIpc) is 2.29. The number of nitrogens with two attached hydrogens (primary N) is 1. The summed E-state index contributed by atoms with van der Waals surface area (Å²) in [5, 5.41) is 2.16. The van der Waals surface area contributed by atoms with Gasteiger partial charge in [-0.3, -0.25) is 4.98 Å². The van der Waals surface area contributed by atoms with Gasteiger partial charge in [0.15, 0.2) is 0 Å². The number of hydrogen-bond acceptors (Lipinski definition) is 2. The summed E-state index contributed by atoms with van der Waals surface area (Å²) in [4.78, 5) is 4.23. The second-order valence-electron chi connectivity index (χ2n) is 2.79. The van der Waals surface area contributed by atoms with Gasteiger partial charge in [-0.2, -0.15) is 0 Å². The van der Waals surface area contributed by atoms with Crippen LogP contribution in [0.15, 0.2) is 30.1 Å². The largest absolute Gasteiger partial charge is 0.402 e. The van der Waals surface area contributed by atoms with Crippen molar-refractivity contribution >= 4 is 12.2 Å². The zero-order valence-electron chi connectivity index (χ0n) is 6.70. The first-order valence-electron chi connectivity index (χ1n) is 3.94. The molecular weight excluding hydrogens is 148 g/mol. The van der Waals surface area contributed by atoms with Gasteiger partial charge in [-0.1, -0.05) is 12.1 Å². The molecule has 0 saturated heterocycles. The lowest BCUT2D eigenvalue weighted by Crippen LogP contribution is -2.26. The van der Waals surface area contributed by atoms with E-state index in [1.807, 2.05) is 24.3 Å². The molecular formula is C10H10N2. The van der Waals surface area contributed by atoms with E-state index in [1.54, 1.807) is 6.20 Å². The summed E-state index contributed by atoms with van der Waals surface area (Å²) in [5.74, 6) is 0. The minimum absolute atomic E-state index is 0.815. The molecule has 0 saturated carbocycles. The van der Waals surface area contributed by atoms with Gasteiger partial charge in [0.25, 0.3) is 0 Å². The molecule has 1 aliphatic rings. The molecule has 0 radical (unpaired) electrons. The van der Waals surface area contributed by atoms with E-state index in [9.17, 15) is 0 Å². The molecule has 1 heterocycles. The Labute approximate surface area is 70.7 Å². The molecule has 1 aromatic heterocycles. The average molecular weight is 158 g/mol. The van der Waals surface area contributed by atoms with E-state index in [-0.39, 0.29) is 0 Å². The standard InChI is InChI=1S/C10H10N2/c11-9-4-3-8-2-1-7-12-10(8)6-5-9/h1-3,5-7H,4,11H2. The molecule has 12 heavy (non-hydrogen) atoms. The van der Waals surface area contributed by atoms with E-state index in [0.29, 0.717) is 0 Å². The maximum atomic E-state index is 5.68. The maximum Gasteiger partial charge on any atom is 0.0699 e. The van der Waals surface area contributed by atoms with Gasteiger partial charge in [0.2, 0.25) is 0 Å². The zero-order valence-corrected chi connectivity index (χ0v) is 6.70. The van der Waals surface area contributed by atoms with Crippen LogP contribution >= 0.6 is 0 Å². The van der Waals surface area contributed by atoms with Crippen LogP contribution in [-0.2, 0) is 0 Å². The summed E-state index contributed by atoms with van der Waals surface area (Å²) in [5.41, 5.74) is 6.57. The van der Waals surface area contributed by atoms with Crippen LogP contribution in [-0.4, -0.2) is 4.98 Å². The molecule has 2 heteroatoms. The summed E-state index contributed by atoms with van der Waals surface area (Å²) in [7, 11) is 0. The van der Waals surface area contributed by atoms with Crippen molar-refractivity contribution in [1.29, 1.82) is 0 Å². The SMILES string of the molecule is NC1=CC=c2ncccc2=CC1. The molecule has 0 fully saturated rings. The molecule has 2 rings (SSSR count). The molecule has 2 nitrogen and oxygen atoms in total. The smallest absolute Gasteiger partial charge is 0.0699 e. The van der Waals surface area contributed by atoms with Crippen LogP contribution in [0.3, 0.4) is 0 Å². The molecule has 0 aromatic carbocycles. The van der Waals surface area contributed by atoms with Crippen molar-refractivity contribution in [3.63, 3.8) is 0 Å². The first kappa shape index (κ1) is 7.10. The minimum Gasteiger partial charge on any atom is -0.402 e. The molecule has 60 valence electrons. The van der Waals surface area contributed by atoms with E-state index in [1.165, 1.54) is 0 Å². The topological polar surface area (TPSA) is 38.9 Å². The Hall–Kier alpha value is -1.57. The highest BCUT2D eigenvalue weighted by Crippen LogP contribution is 1.94. The van der Waals surface area contributed by atoms with E-state index < -0.39 is 0 Å². The van der Waals surface area contributed by atoms with Crippen molar-refractivity contribution in [1.82, 2.24) is 4.98 Å². The van der Waals surface area contributed by atoms with E-state index >= 15 is 0 Å². The Kier molecular flexibility index (Phi) is 1.67. The van der Waals surface area contributed by atoms with Crippen molar-refractivity contribution in [3.8, 4) is 0 Å². The van der Waals surface area contributed by atoms with E-state index in [0.717, 1.165) is 22.7 Å².